The molecule has 0 radical (unpaired) electrons. The van der Waals surface area contributed by atoms with Crippen molar-refractivity contribution in [3.05, 3.63) is 122 Å². The van der Waals surface area contributed by atoms with Crippen molar-refractivity contribution in [2.24, 2.45) is 0 Å². The summed E-state index contributed by atoms with van der Waals surface area (Å²) in [4.78, 5) is 24.2. The van der Waals surface area contributed by atoms with Crippen molar-refractivity contribution in [1.29, 1.82) is 0 Å². The van der Waals surface area contributed by atoms with E-state index in [0.717, 1.165) is 61.8 Å². The molecule has 0 unspecified atom stereocenters. The molecule has 4 aromatic carbocycles. The minimum absolute atomic E-state index is 0.0747. The van der Waals surface area contributed by atoms with Gasteiger partial charge in [0.2, 0.25) is 10.2 Å². The van der Waals surface area contributed by atoms with E-state index in [4.69, 9.17) is 0 Å². The van der Waals surface area contributed by atoms with E-state index in [2.05, 4.69) is 37.4 Å². The van der Waals surface area contributed by atoms with Crippen LogP contribution in [0.15, 0.2) is 126 Å². The maximum Gasteiger partial charge on any atom is 0.216 e. The highest BCUT2D eigenvalue weighted by Crippen LogP contribution is 2.31. The molecule has 0 atom stereocenters. The van der Waals surface area contributed by atoms with E-state index in [0.29, 0.717) is 0 Å². The van der Waals surface area contributed by atoms with Crippen LogP contribution in [0, 0.1) is 5.82 Å². The molecule has 0 bridgehead atoms. The maximum absolute atomic E-state index is 14.4. The summed E-state index contributed by atoms with van der Waals surface area (Å²) in [5, 5.41) is -0.364. The van der Waals surface area contributed by atoms with E-state index < -0.39 is 5.82 Å². The molecule has 0 aromatic heterocycles. The minimum Gasteiger partial charge on any atom is -0.282 e. The Morgan fingerprint density at radius 1 is 0.571 bits per heavy atom. The first-order valence-electron chi connectivity index (χ1n) is 10.8. The van der Waals surface area contributed by atoms with Crippen molar-refractivity contribution in [1.82, 2.24) is 0 Å². The summed E-state index contributed by atoms with van der Waals surface area (Å²) >= 11 is 1.98. The normalized spacial score (nSPS) is 10.5. The molecule has 35 heavy (non-hydrogen) atoms. The zero-order valence-electron chi connectivity index (χ0n) is 18.7. The van der Waals surface area contributed by atoms with Crippen LogP contribution in [0.3, 0.4) is 0 Å². The number of rotatable bonds is 7. The van der Waals surface area contributed by atoms with Crippen molar-refractivity contribution < 1.29 is 14.0 Å². The summed E-state index contributed by atoms with van der Waals surface area (Å²) < 4.78 is 14.4. The molecule has 0 heterocycles. The molecule has 4 aromatic rings. The summed E-state index contributed by atoms with van der Waals surface area (Å²) in [6, 6.07) is 28.9. The van der Waals surface area contributed by atoms with Crippen LogP contribution in [0.5, 0.6) is 0 Å². The molecule has 0 amide bonds. The molecule has 0 saturated carbocycles. The SMILES string of the molecule is C=CC(=O)Sc1ccc(-c2ccc(-c3ccc(-c4ccc(SC(=O)C=C)c(F)c4)cc3)cc2)cc1. The molecule has 0 fully saturated rings. The summed E-state index contributed by atoms with van der Waals surface area (Å²) in [5.41, 5.74) is 5.92. The van der Waals surface area contributed by atoms with E-state index in [9.17, 15) is 14.0 Å². The van der Waals surface area contributed by atoms with Gasteiger partial charge in [-0.3, -0.25) is 9.59 Å². The Balaban J connectivity index is 1.47. The van der Waals surface area contributed by atoms with Crippen LogP contribution in [-0.4, -0.2) is 10.2 Å². The molecule has 0 aliphatic heterocycles. The van der Waals surface area contributed by atoms with Gasteiger partial charge in [-0.2, -0.15) is 0 Å². The van der Waals surface area contributed by atoms with E-state index in [1.165, 1.54) is 18.2 Å². The zero-order valence-corrected chi connectivity index (χ0v) is 20.4. The van der Waals surface area contributed by atoms with Gasteiger partial charge < -0.3 is 0 Å². The second-order valence-corrected chi connectivity index (χ2v) is 9.70. The standard InChI is InChI=1S/C30H21FO2S2/c1-3-29(32)34-26-16-13-23(14-17-26)22-7-5-20(6-8-22)21-9-11-24(12-10-21)25-15-18-28(27(31)19-25)35-30(33)4-2/h3-19H,1-2H2. The largest absolute Gasteiger partial charge is 0.282 e. The molecule has 0 aliphatic rings. The average molecular weight is 497 g/mol. The van der Waals surface area contributed by atoms with Gasteiger partial charge in [-0.15, -0.1) is 0 Å². The lowest BCUT2D eigenvalue weighted by Gasteiger charge is -2.08. The third kappa shape index (κ3) is 6.07. The summed E-state index contributed by atoms with van der Waals surface area (Å²) in [5.74, 6) is -0.429. The number of hydrogen-bond donors (Lipinski definition) is 0. The Kier molecular flexibility index (Phi) is 7.80. The molecular formula is C30H21FO2S2. The number of hydrogen-bond acceptors (Lipinski definition) is 4. The van der Waals surface area contributed by atoms with Crippen molar-refractivity contribution in [2.75, 3.05) is 0 Å². The highest BCUT2D eigenvalue weighted by atomic mass is 32.2. The number of thioether (sulfide) groups is 2. The third-order valence-electron chi connectivity index (χ3n) is 5.32. The van der Waals surface area contributed by atoms with Gasteiger partial charge >= 0.3 is 0 Å². The van der Waals surface area contributed by atoms with Crippen LogP contribution in [-0.2, 0) is 9.59 Å². The fourth-order valence-electron chi connectivity index (χ4n) is 3.50. The first-order valence-corrected chi connectivity index (χ1v) is 12.4. The zero-order chi connectivity index (χ0) is 24.8. The van der Waals surface area contributed by atoms with Gasteiger partial charge in [0.25, 0.3) is 0 Å². The lowest BCUT2D eigenvalue weighted by molar-refractivity contribution is -0.107. The molecule has 172 valence electrons. The average Bonchev–Trinajstić information content (AvgIpc) is 2.90. The molecule has 5 heteroatoms. The monoisotopic (exact) mass is 496 g/mol. The molecule has 2 nitrogen and oxygen atoms in total. The molecule has 4 rings (SSSR count). The second kappa shape index (κ2) is 11.2. The van der Waals surface area contributed by atoms with Crippen molar-refractivity contribution >= 4 is 33.8 Å². The van der Waals surface area contributed by atoms with E-state index in [1.807, 2.05) is 54.6 Å². The quantitative estimate of drug-likeness (QED) is 0.190. The number of halogens is 1. The van der Waals surface area contributed by atoms with Crippen LogP contribution in [0.1, 0.15) is 0 Å². The molecular weight excluding hydrogens is 475 g/mol. The highest BCUT2D eigenvalue weighted by molar-refractivity contribution is 8.14. The van der Waals surface area contributed by atoms with Gasteiger partial charge in [0.15, 0.2) is 0 Å². The van der Waals surface area contributed by atoms with Crippen LogP contribution in [0.2, 0.25) is 0 Å². The Morgan fingerprint density at radius 2 is 0.943 bits per heavy atom. The molecule has 0 spiro atoms. The number of benzene rings is 4. The Hall–Kier alpha value is -3.67. The molecule has 0 aliphatic carbocycles. The van der Waals surface area contributed by atoms with E-state index in [-0.39, 0.29) is 15.1 Å². The van der Waals surface area contributed by atoms with Crippen molar-refractivity contribution in [3.63, 3.8) is 0 Å². The second-order valence-electron chi connectivity index (χ2n) is 7.57. The third-order valence-corrected chi connectivity index (χ3v) is 7.11. The van der Waals surface area contributed by atoms with E-state index in [1.54, 1.807) is 6.07 Å². The fourth-order valence-corrected chi connectivity index (χ4v) is 4.68. The number of carbonyl (C=O) groups is 2. The topological polar surface area (TPSA) is 34.1 Å². The van der Waals surface area contributed by atoms with E-state index >= 15 is 0 Å². The first-order chi connectivity index (χ1) is 17.0. The summed E-state index contributed by atoms with van der Waals surface area (Å²) in [7, 11) is 0. The number of carbonyl (C=O) groups excluding carboxylic acids is 2. The van der Waals surface area contributed by atoms with Gasteiger partial charge in [-0.05, 0) is 93.3 Å². The summed E-state index contributed by atoms with van der Waals surface area (Å²) in [6.07, 6.45) is 2.48. The van der Waals surface area contributed by atoms with Crippen LogP contribution >= 0.6 is 23.5 Å². The van der Waals surface area contributed by atoms with Crippen molar-refractivity contribution in [2.45, 2.75) is 9.79 Å². The van der Waals surface area contributed by atoms with Crippen LogP contribution in [0.4, 0.5) is 4.39 Å². The Bertz CT molecular complexity index is 1390. The predicted molar refractivity (Wildman–Crippen MR) is 145 cm³/mol. The van der Waals surface area contributed by atoms with Gasteiger partial charge in [0.1, 0.15) is 5.82 Å². The van der Waals surface area contributed by atoms with Crippen molar-refractivity contribution in [3.8, 4) is 33.4 Å². The lowest BCUT2D eigenvalue weighted by Crippen LogP contribution is -1.89. The highest BCUT2D eigenvalue weighted by Gasteiger charge is 2.09. The Morgan fingerprint density at radius 3 is 1.37 bits per heavy atom. The lowest BCUT2D eigenvalue weighted by atomic mass is 9.98. The fraction of sp³-hybridized carbons (Fsp3) is 0. The molecule has 0 saturated heterocycles. The van der Waals surface area contributed by atoms with Gasteiger partial charge in [-0.1, -0.05) is 79.9 Å². The van der Waals surface area contributed by atoms with Crippen LogP contribution < -0.4 is 0 Å². The first kappa shape index (κ1) is 24.5. The predicted octanol–water partition coefficient (Wildman–Crippen LogP) is 8.44. The smallest absolute Gasteiger partial charge is 0.216 e. The van der Waals surface area contributed by atoms with Gasteiger partial charge in [0.05, 0.1) is 4.90 Å². The van der Waals surface area contributed by atoms with Gasteiger partial charge in [0, 0.05) is 4.90 Å². The van der Waals surface area contributed by atoms with Crippen LogP contribution in [0.25, 0.3) is 33.4 Å². The Labute approximate surface area is 212 Å². The maximum atomic E-state index is 14.4. The summed E-state index contributed by atoms with van der Waals surface area (Å²) in [6.45, 7) is 6.91. The van der Waals surface area contributed by atoms with Gasteiger partial charge in [-0.25, -0.2) is 4.39 Å². The molecule has 0 N–H and O–H groups in total. The minimum atomic E-state index is -0.429.